The third kappa shape index (κ3) is 6.06. The first-order chi connectivity index (χ1) is 19.5. The molecule has 10 heteroatoms. The van der Waals surface area contributed by atoms with E-state index in [1.807, 2.05) is 48.5 Å². The summed E-state index contributed by atoms with van der Waals surface area (Å²) < 4.78 is 20.6. The predicted octanol–water partition coefficient (Wildman–Crippen LogP) is 5.65. The Labute approximate surface area is 241 Å². The van der Waals surface area contributed by atoms with Gasteiger partial charge in [-0.2, -0.15) is 5.10 Å². The Morgan fingerprint density at radius 1 is 1.12 bits per heavy atom. The van der Waals surface area contributed by atoms with Crippen LogP contribution in [0, 0.1) is 5.82 Å². The van der Waals surface area contributed by atoms with Crippen LogP contribution < -0.4 is 10.2 Å². The molecule has 4 aromatic rings. The van der Waals surface area contributed by atoms with Crippen molar-refractivity contribution in [1.29, 1.82) is 0 Å². The molecular weight excluding hydrogens is 551 g/mol. The Kier molecular flexibility index (Phi) is 8.84. The molecule has 0 radical (unpaired) electrons. The van der Waals surface area contributed by atoms with Gasteiger partial charge < -0.3 is 10.1 Å². The molecule has 1 atom stereocenters. The molecule has 40 heavy (non-hydrogen) atoms. The molecule has 2 heterocycles. The van der Waals surface area contributed by atoms with Crippen LogP contribution in [0.25, 0.3) is 16.9 Å². The molecule has 1 aliphatic heterocycles. The quantitative estimate of drug-likeness (QED) is 0.260. The van der Waals surface area contributed by atoms with Gasteiger partial charge in [-0.15, -0.1) is 11.8 Å². The monoisotopic (exact) mass is 578 g/mol. The molecule has 0 saturated carbocycles. The molecule has 0 aliphatic carbocycles. The molecule has 1 aliphatic rings. The molecule has 0 saturated heterocycles. The smallest absolute Gasteiger partial charge is 0.240 e. The third-order valence-electron chi connectivity index (χ3n) is 6.51. The van der Waals surface area contributed by atoms with Crippen molar-refractivity contribution in [2.24, 2.45) is 0 Å². The van der Waals surface area contributed by atoms with E-state index >= 15 is 0 Å². The molecular formula is C30H28ClFN4O3S. The fraction of sp³-hybridized carbons (Fsp3) is 0.233. The van der Waals surface area contributed by atoms with Crippen molar-refractivity contribution in [3.05, 3.63) is 101 Å². The van der Waals surface area contributed by atoms with Crippen LogP contribution in [-0.2, 0) is 14.3 Å². The van der Waals surface area contributed by atoms with E-state index in [1.54, 1.807) is 30.0 Å². The van der Waals surface area contributed by atoms with Crippen LogP contribution >= 0.6 is 23.4 Å². The van der Waals surface area contributed by atoms with E-state index in [0.717, 1.165) is 16.7 Å². The average molecular weight is 579 g/mol. The summed E-state index contributed by atoms with van der Waals surface area (Å²) in [5.41, 5.74) is 3.77. The van der Waals surface area contributed by atoms with Gasteiger partial charge in [-0.25, -0.2) is 9.07 Å². The zero-order valence-corrected chi connectivity index (χ0v) is 23.4. The minimum atomic E-state index is -0.388. The summed E-state index contributed by atoms with van der Waals surface area (Å²) in [5.74, 6) is -0.306. The number of benzene rings is 3. The normalized spacial score (nSPS) is 15.0. The average Bonchev–Trinajstić information content (AvgIpc) is 3.28. The Morgan fingerprint density at radius 2 is 1.90 bits per heavy atom. The maximum atomic E-state index is 13.9. The number of hydrogen-bond donors (Lipinski definition) is 1. The second-order valence-electron chi connectivity index (χ2n) is 9.26. The minimum absolute atomic E-state index is 0.139. The molecule has 3 aromatic carbocycles. The summed E-state index contributed by atoms with van der Waals surface area (Å²) in [5, 5.41) is 8.13. The van der Waals surface area contributed by atoms with Gasteiger partial charge in [0.25, 0.3) is 0 Å². The Balaban J connectivity index is 1.71. The van der Waals surface area contributed by atoms with Crippen molar-refractivity contribution in [2.45, 2.75) is 11.7 Å². The van der Waals surface area contributed by atoms with E-state index < -0.39 is 0 Å². The highest BCUT2D eigenvalue weighted by molar-refractivity contribution is 8.00. The minimum Gasteiger partial charge on any atom is -0.385 e. The van der Waals surface area contributed by atoms with E-state index in [1.165, 1.54) is 28.8 Å². The number of rotatable bonds is 9. The molecule has 7 nitrogen and oxygen atoms in total. The number of thioether (sulfide) groups is 1. The summed E-state index contributed by atoms with van der Waals surface area (Å²) in [7, 11) is 1.61. The number of halogens is 2. The van der Waals surface area contributed by atoms with Gasteiger partial charge >= 0.3 is 0 Å². The molecule has 0 spiro atoms. The van der Waals surface area contributed by atoms with E-state index in [4.69, 9.17) is 21.4 Å². The lowest BCUT2D eigenvalue weighted by Crippen LogP contribution is -2.42. The van der Waals surface area contributed by atoms with Crippen LogP contribution in [0.3, 0.4) is 0 Å². The summed E-state index contributed by atoms with van der Waals surface area (Å²) >= 11 is 7.86. The van der Waals surface area contributed by atoms with Crippen LogP contribution in [0.15, 0.2) is 78.9 Å². The fourth-order valence-corrected chi connectivity index (χ4v) is 6.05. The van der Waals surface area contributed by atoms with Gasteiger partial charge in [0.15, 0.2) is 0 Å². The van der Waals surface area contributed by atoms with Gasteiger partial charge in [0.05, 0.1) is 22.4 Å². The first-order valence-corrected chi connectivity index (χ1v) is 14.3. The molecule has 1 N–H and O–H groups in total. The van der Waals surface area contributed by atoms with E-state index in [0.29, 0.717) is 41.8 Å². The number of carbonyl (C=O) groups excluding carboxylic acids is 2. The third-order valence-corrected chi connectivity index (χ3v) is 8.00. The first-order valence-electron chi connectivity index (χ1n) is 12.8. The SMILES string of the molecule is COCCCNC(=O)CN1C(=O)CSC(c2cccc(Cl)c2)c2c(-c3ccccc3)nn(-c3ccc(F)cc3)c21. The lowest BCUT2D eigenvalue weighted by atomic mass is 9.99. The van der Waals surface area contributed by atoms with Crippen LogP contribution in [0.5, 0.6) is 0 Å². The number of anilines is 1. The lowest BCUT2D eigenvalue weighted by Gasteiger charge is -2.23. The summed E-state index contributed by atoms with van der Waals surface area (Å²) in [6, 6.07) is 23.1. The topological polar surface area (TPSA) is 76.5 Å². The number of methoxy groups -OCH3 is 1. The van der Waals surface area contributed by atoms with Gasteiger partial charge in [-0.3, -0.25) is 14.5 Å². The zero-order valence-electron chi connectivity index (χ0n) is 21.8. The van der Waals surface area contributed by atoms with Crippen LogP contribution in [0.2, 0.25) is 5.02 Å². The number of amides is 2. The molecule has 206 valence electrons. The first kappa shape index (κ1) is 27.9. The molecule has 0 fully saturated rings. The highest BCUT2D eigenvalue weighted by Crippen LogP contribution is 2.48. The highest BCUT2D eigenvalue weighted by atomic mass is 35.5. The van der Waals surface area contributed by atoms with E-state index in [2.05, 4.69) is 5.32 Å². The van der Waals surface area contributed by atoms with Crippen molar-refractivity contribution in [2.75, 3.05) is 37.5 Å². The van der Waals surface area contributed by atoms with Gasteiger partial charge in [-0.05, 0) is 48.4 Å². The van der Waals surface area contributed by atoms with Gasteiger partial charge in [0.1, 0.15) is 18.2 Å². The van der Waals surface area contributed by atoms with Crippen molar-refractivity contribution in [3.8, 4) is 16.9 Å². The largest absolute Gasteiger partial charge is 0.385 e. The van der Waals surface area contributed by atoms with Crippen molar-refractivity contribution in [1.82, 2.24) is 15.1 Å². The van der Waals surface area contributed by atoms with Crippen molar-refractivity contribution < 1.29 is 18.7 Å². The van der Waals surface area contributed by atoms with Crippen molar-refractivity contribution >= 4 is 41.0 Å². The number of hydrogen-bond acceptors (Lipinski definition) is 5. The van der Waals surface area contributed by atoms with Crippen molar-refractivity contribution in [3.63, 3.8) is 0 Å². The summed E-state index contributed by atoms with van der Waals surface area (Å²) in [6.45, 7) is 0.750. The van der Waals surface area contributed by atoms with Gasteiger partial charge in [-0.1, -0.05) is 54.1 Å². The molecule has 0 bridgehead atoms. The molecule has 5 rings (SSSR count). The number of nitrogens with zero attached hydrogens (tertiary/aromatic N) is 3. The molecule has 2 amide bonds. The number of carbonyl (C=O) groups is 2. The number of ether oxygens (including phenoxy) is 1. The summed E-state index contributed by atoms with van der Waals surface area (Å²) in [6.07, 6.45) is 0.653. The van der Waals surface area contributed by atoms with Crippen LogP contribution in [0.4, 0.5) is 10.2 Å². The predicted molar refractivity (Wildman–Crippen MR) is 157 cm³/mol. The standard InChI is InChI=1S/C30H28ClFN4O3S/c1-39-16-6-15-33-25(37)18-35-26(38)19-40-29(21-9-5-10-22(31)17-21)27-28(20-7-3-2-4-8-20)34-36(30(27)35)24-13-11-23(32)12-14-24/h2-5,7-14,17,29H,6,15-16,18-19H2,1H3,(H,33,37). The Hall–Kier alpha value is -3.66. The maximum Gasteiger partial charge on any atom is 0.240 e. The Bertz CT molecular complexity index is 1500. The second-order valence-corrected chi connectivity index (χ2v) is 10.8. The zero-order chi connectivity index (χ0) is 28.1. The van der Waals surface area contributed by atoms with Gasteiger partial charge in [0, 0.05) is 36.4 Å². The van der Waals surface area contributed by atoms with E-state index in [9.17, 15) is 14.0 Å². The number of nitrogens with one attached hydrogen (secondary N) is 1. The molecule has 1 unspecified atom stereocenters. The van der Waals surface area contributed by atoms with Crippen LogP contribution in [-0.4, -0.2) is 54.2 Å². The number of fused-ring (bicyclic) bond motifs is 1. The molecule has 1 aromatic heterocycles. The fourth-order valence-electron chi connectivity index (χ4n) is 4.67. The van der Waals surface area contributed by atoms with E-state index in [-0.39, 0.29) is 35.2 Å². The van der Waals surface area contributed by atoms with Gasteiger partial charge in [0.2, 0.25) is 11.8 Å². The maximum absolute atomic E-state index is 13.9. The Morgan fingerprint density at radius 3 is 2.62 bits per heavy atom. The second kappa shape index (κ2) is 12.7. The van der Waals surface area contributed by atoms with Crippen LogP contribution in [0.1, 0.15) is 22.8 Å². The summed E-state index contributed by atoms with van der Waals surface area (Å²) in [4.78, 5) is 28.2. The number of aromatic nitrogens is 2. The lowest BCUT2D eigenvalue weighted by molar-refractivity contribution is -0.122. The highest BCUT2D eigenvalue weighted by Gasteiger charge is 2.37.